The normalized spacial score (nSPS) is 10.8. The van der Waals surface area contributed by atoms with Gasteiger partial charge in [-0.15, -0.1) is 0 Å². The second-order valence-electron chi connectivity index (χ2n) is 3.96. The Bertz CT molecular complexity index is 633. The molecule has 1 amide bonds. The van der Waals surface area contributed by atoms with Crippen LogP contribution in [-0.4, -0.2) is 5.91 Å². The Labute approximate surface area is 125 Å². The maximum Gasteiger partial charge on any atom is 0.248 e. The zero-order valence-corrected chi connectivity index (χ0v) is 11.8. The maximum atomic E-state index is 13.5. The van der Waals surface area contributed by atoms with Gasteiger partial charge in [0.25, 0.3) is 0 Å². The maximum absolute atomic E-state index is 13.5. The first-order valence-electron chi connectivity index (χ1n) is 5.75. The quantitative estimate of drug-likeness (QED) is 0.812. The van der Waals surface area contributed by atoms with Gasteiger partial charge in [-0.3, -0.25) is 4.79 Å². The zero-order valence-electron chi connectivity index (χ0n) is 10.2. The fourth-order valence-corrected chi connectivity index (χ4v) is 1.90. The van der Waals surface area contributed by atoms with Crippen molar-refractivity contribution in [3.05, 3.63) is 70.0 Å². The highest BCUT2D eigenvalue weighted by molar-refractivity contribution is 6.32. The van der Waals surface area contributed by atoms with Crippen molar-refractivity contribution in [1.29, 1.82) is 0 Å². The Kier molecular flexibility index (Phi) is 4.77. The smallest absolute Gasteiger partial charge is 0.248 e. The number of amides is 1. The van der Waals surface area contributed by atoms with Gasteiger partial charge >= 0.3 is 0 Å². The number of hydrogen-bond acceptors (Lipinski definition) is 1. The van der Waals surface area contributed by atoms with Crippen molar-refractivity contribution in [2.75, 3.05) is 5.32 Å². The van der Waals surface area contributed by atoms with Crippen LogP contribution in [-0.2, 0) is 4.79 Å². The van der Waals surface area contributed by atoms with Gasteiger partial charge in [0.15, 0.2) is 0 Å². The Balaban J connectivity index is 2.08. The minimum absolute atomic E-state index is 0.181. The molecule has 0 radical (unpaired) electrons. The third-order valence-electron chi connectivity index (χ3n) is 2.51. The molecular formula is C15H10Cl2FNO. The molecule has 2 aromatic carbocycles. The number of nitrogens with one attached hydrogen (secondary N) is 1. The Morgan fingerprint density at radius 3 is 2.45 bits per heavy atom. The summed E-state index contributed by atoms with van der Waals surface area (Å²) in [6, 6.07) is 11.0. The standard InChI is InChI=1S/C15H10Cl2FNO/c16-10-4-6-11(7-5-10)19-15(20)9-8-12-13(17)2-1-3-14(12)18/h1-9H,(H,19,20). The average molecular weight is 310 g/mol. The molecule has 0 aliphatic heterocycles. The van der Waals surface area contributed by atoms with Gasteiger partial charge in [-0.2, -0.15) is 0 Å². The van der Waals surface area contributed by atoms with E-state index in [9.17, 15) is 9.18 Å². The predicted octanol–water partition coefficient (Wildman–Crippen LogP) is 4.78. The Morgan fingerprint density at radius 1 is 1.10 bits per heavy atom. The highest BCUT2D eigenvalue weighted by Crippen LogP contribution is 2.20. The molecule has 0 aromatic heterocycles. The van der Waals surface area contributed by atoms with Gasteiger partial charge in [0.1, 0.15) is 5.82 Å². The molecule has 0 heterocycles. The molecule has 0 saturated carbocycles. The first-order chi connectivity index (χ1) is 9.56. The molecular weight excluding hydrogens is 300 g/mol. The largest absolute Gasteiger partial charge is 0.323 e. The molecule has 0 saturated heterocycles. The Morgan fingerprint density at radius 2 is 1.80 bits per heavy atom. The van der Waals surface area contributed by atoms with Crippen LogP contribution >= 0.6 is 23.2 Å². The molecule has 1 N–H and O–H groups in total. The Hall–Kier alpha value is -1.84. The van der Waals surface area contributed by atoms with Crippen molar-refractivity contribution in [1.82, 2.24) is 0 Å². The van der Waals surface area contributed by atoms with E-state index in [0.717, 1.165) is 0 Å². The van der Waals surface area contributed by atoms with Gasteiger partial charge in [0, 0.05) is 22.3 Å². The summed E-state index contributed by atoms with van der Waals surface area (Å²) in [5.41, 5.74) is 0.782. The second kappa shape index (κ2) is 6.55. The number of carbonyl (C=O) groups excluding carboxylic acids is 1. The molecule has 5 heteroatoms. The summed E-state index contributed by atoms with van der Waals surface area (Å²) in [7, 11) is 0. The van der Waals surface area contributed by atoms with E-state index in [1.807, 2.05) is 0 Å². The molecule has 2 rings (SSSR count). The fraction of sp³-hybridized carbons (Fsp3) is 0. The van der Waals surface area contributed by atoms with E-state index in [4.69, 9.17) is 23.2 Å². The van der Waals surface area contributed by atoms with Crippen LogP contribution < -0.4 is 5.32 Å². The molecule has 0 bridgehead atoms. The number of anilines is 1. The number of benzene rings is 2. The van der Waals surface area contributed by atoms with Crippen molar-refractivity contribution < 1.29 is 9.18 Å². The van der Waals surface area contributed by atoms with Crippen LogP contribution in [0.3, 0.4) is 0 Å². The molecule has 0 fully saturated rings. The molecule has 0 unspecified atom stereocenters. The first kappa shape index (κ1) is 14.6. The van der Waals surface area contributed by atoms with Gasteiger partial charge in [0.2, 0.25) is 5.91 Å². The highest BCUT2D eigenvalue weighted by atomic mass is 35.5. The van der Waals surface area contributed by atoms with Crippen molar-refractivity contribution in [2.24, 2.45) is 0 Å². The van der Waals surface area contributed by atoms with Crippen molar-refractivity contribution in [3.8, 4) is 0 Å². The molecule has 2 nitrogen and oxygen atoms in total. The molecule has 2 aromatic rings. The van der Waals surface area contributed by atoms with Crippen LogP contribution in [0.2, 0.25) is 10.0 Å². The monoisotopic (exact) mass is 309 g/mol. The van der Waals surface area contributed by atoms with E-state index in [1.165, 1.54) is 24.3 Å². The van der Waals surface area contributed by atoms with Crippen LogP contribution in [0, 0.1) is 5.82 Å². The van der Waals surface area contributed by atoms with Crippen molar-refractivity contribution >= 4 is 40.9 Å². The van der Waals surface area contributed by atoms with Gasteiger partial charge in [-0.25, -0.2) is 4.39 Å². The third kappa shape index (κ3) is 3.83. The number of hydrogen-bond donors (Lipinski definition) is 1. The number of halogens is 3. The van der Waals surface area contributed by atoms with Crippen LogP contribution in [0.4, 0.5) is 10.1 Å². The average Bonchev–Trinajstić information content (AvgIpc) is 2.41. The second-order valence-corrected chi connectivity index (χ2v) is 4.81. The topological polar surface area (TPSA) is 29.1 Å². The molecule has 0 aliphatic rings. The SMILES string of the molecule is O=C(C=Cc1c(F)cccc1Cl)Nc1ccc(Cl)cc1. The minimum Gasteiger partial charge on any atom is -0.323 e. The summed E-state index contributed by atoms with van der Waals surface area (Å²) in [4.78, 5) is 11.7. The highest BCUT2D eigenvalue weighted by Gasteiger charge is 2.04. The van der Waals surface area contributed by atoms with Crippen LogP contribution in [0.1, 0.15) is 5.56 Å². The molecule has 102 valence electrons. The lowest BCUT2D eigenvalue weighted by Crippen LogP contribution is -2.07. The summed E-state index contributed by atoms with van der Waals surface area (Å²) in [6.07, 6.45) is 2.56. The van der Waals surface area contributed by atoms with E-state index in [-0.39, 0.29) is 16.5 Å². The summed E-state index contributed by atoms with van der Waals surface area (Å²) < 4.78 is 13.5. The molecule has 0 aliphatic carbocycles. The molecule has 0 spiro atoms. The zero-order chi connectivity index (χ0) is 14.5. The van der Waals surface area contributed by atoms with Gasteiger partial charge in [-0.1, -0.05) is 29.3 Å². The predicted molar refractivity (Wildman–Crippen MR) is 80.5 cm³/mol. The first-order valence-corrected chi connectivity index (χ1v) is 6.50. The van der Waals surface area contributed by atoms with Crippen LogP contribution in [0.15, 0.2) is 48.5 Å². The van der Waals surface area contributed by atoms with E-state index in [1.54, 1.807) is 30.3 Å². The van der Waals surface area contributed by atoms with E-state index in [2.05, 4.69) is 5.32 Å². The van der Waals surface area contributed by atoms with E-state index >= 15 is 0 Å². The van der Waals surface area contributed by atoms with Gasteiger partial charge in [0.05, 0.1) is 5.02 Å². The van der Waals surface area contributed by atoms with Crippen LogP contribution in [0.5, 0.6) is 0 Å². The summed E-state index contributed by atoms with van der Waals surface area (Å²) in [6.45, 7) is 0. The number of carbonyl (C=O) groups is 1. The van der Waals surface area contributed by atoms with Gasteiger partial charge in [-0.05, 0) is 42.5 Å². The third-order valence-corrected chi connectivity index (χ3v) is 3.09. The van der Waals surface area contributed by atoms with E-state index in [0.29, 0.717) is 10.7 Å². The number of rotatable bonds is 3. The van der Waals surface area contributed by atoms with Crippen LogP contribution in [0.25, 0.3) is 6.08 Å². The summed E-state index contributed by atoms with van der Waals surface area (Å²) >= 11 is 11.6. The fourth-order valence-electron chi connectivity index (χ4n) is 1.55. The summed E-state index contributed by atoms with van der Waals surface area (Å²) in [5.74, 6) is -0.861. The summed E-state index contributed by atoms with van der Waals surface area (Å²) in [5, 5.41) is 3.46. The molecule has 0 atom stereocenters. The lowest BCUT2D eigenvalue weighted by atomic mass is 10.2. The lowest BCUT2D eigenvalue weighted by molar-refractivity contribution is -0.111. The van der Waals surface area contributed by atoms with Crippen molar-refractivity contribution in [3.63, 3.8) is 0 Å². The van der Waals surface area contributed by atoms with E-state index < -0.39 is 5.82 Å². The molecule has 20 heavy (non-hydrogen) atoms. The van der Waals surface area contributed by atoms with Gasteiger partial charge < -0.3 is 5.32 Å². The minimum atomic E-state index is -0.479. The lowest BCUT2D eigenvalue weighted by Gasteiger charge is -2.02. The van der Waals surface area contributed by atoms with Crippen molar-refractivity contribution in [2.45, 2.75) is 0 Å².